The van der Waals surface area contributed by atoms with E-state index in [-0.39, 0.29) is 18.4 Å². The largest absolute Gasteiger partial charge is 0.347 e. The zero-order chi connectivity index (χ0) is 17.4. The summed E-state index contributed by atoms with van der Waals surface area (Å²) in [4.78, 5) is 25.9. The Labute approximate surface area is 144 Å². The van der Waals surface area contributed by atoms with Gasteiger partial charge in [-0.25, -0.2) is 0 Å². The number of hydrogen-bond acceptors (Lipinski definition) is 3. The van der Waals surface area contributed by atoms with Gasteiger partial charge in [0.1, 0.15) is 0 Å². The third-order valence-corrected chi connectivity index (χ3v) is 4.77. The average Bonchev–Trinajstić information content (AvgIpc) is 2.61. The van der Waals surface area contributed by atoms with E-state index in [1.807, 2.05) is 30.3 Å². The van der Waals surface area contributed by atoms with Gasteiger partial charge in [-0.3, -0.25) is 9.59 Å². The quantitative estimate of drug-likeness (QED) is 0.801. The monoisotopic (exact) mass is 331 g/mol. The summed E-state index contributed by atoms with van der Waals surface area (Å²) >= 11 is 0. The molecule has 24 heavy (non-hydrogen) atoms. The van der Waals surface area contributed by atoms with Crippen molar-refractivity contribution in [1.82, 2.24) is 15.5 Å². The van der Waals surface area contributed by atoms with E-state index in [4.69, 9.17) is 0 Å². The molecule has 1 aromatic rings. The summed E-state index contributed by atoms with van der Waals surface area (Å²) in [6.45, 7) is 4.82. The maximum atomic E-state index is 12.1. The molecule has 1 saturated heterocycles. The normalized spacial score (nSPS) is 18.7. The van der Waals surface area contributed by atoms with Crippen LogP contribution in [0.2, 0.25) is 0 Å². The topological polar surface area (TPSA) is 61.4 Å². The minimum Gasteiger partial charge on any atom is -0.347 e. The number of amides is 2. The molecule has 0 radical (unpaired) electrons. The van der Waals surface area contributed by atoms with Crippen molar-refractivity contribution >= 4 is 11.8 Å². The van der Waals surface area contributed by atoms with Crippen molar-refractivity contribution in [2.45, 2.75) is 32.7 Å². The van der Waals surface area contributed by atoms with Gasteiger partial charge >= 0.3 is 0 Å². The van der Waals surface area contributed by atoms with E-state index in [9.17, 15) is 9.59 Å². The molecule has 2 N–H and O–H groups in total. The van der Waals surface area contributed by atoms with Crippen molar-refractivity contribution in [2.75, 3.05) is 26.7 Å². The first-order valence-electron chi connectivity index (χ1n) is 8.81. The molecule has 1 aromatic carbocycles. The molecule has 0 aliphatic carbocycles. The fourth-order valence-electron chi connectivity index (χ4n) is 3.15. The Morgan fingerprint density at radius 1 is 1.33 bits per heavy atom. The number of carbonyl (C=O) groups excluding carboxylic acids is 2. The first-order chi connectivity index (χ1) is 11.6. The fourth-order valence-corrected chi connectivity index (χ4v) is 3.15. The van der Waals surface area contributed by atoms with Crippen LogP contribution in [-0.2, 0) is 16.1 Å². The predicted octanol–water partition coefficient (Wildman–Crippen LogP) is 1.79. The first-order valence-corrected chi connectivity index (χ1v) is 8.81. The van der Waals surface area contributed by atoms with E-state index >= 15 is 0 Å². The molecule has 5 heteroatoms. The summed E-state index contributed by atoms with van der Waals surface area (Å²) in [6, 6.07) is 9.84. The second kappa shape index (κ2) is 9.42. The van der Waals surface area contributed by atoms with E-state index in [1.165, 1.54) is 12.8 Å². The number of nitrogens with zero attached hydrogens (tertiary/aromatic N) is 1. The molecule has 2 atom stereocenters. The Morgan fingerprint density at radius 3 is 2.75 bits per heavy atom. The minimum atomic E-state index is -0.0702. The number of carbonyl (C=O) groups is 2. The van der Waals surface area contributed by atoms with Gasteiger partial charge < -0.3 is 15.5 Å². The molecule has 0 saturated carbocycles. The smallest absolute Gasteiger partial charge is 0.242 e. The molecule has 1 heterocycles. The van der Waals surface area contributed by atoms with Crippen LogP contribution >= 0.6 is 0 Å². The Hall–Kier alpha value is -1.88. The fraction of sp³-hybridized carbons (Fsp3) is 0.579. The van der Waals surface area contributed by atoms with Crippen molar-refractivity contribution in [3.63, 3.8) is 0 Å². The highest BCUT2D eigenvalue weighted by molar-refractivity contribution is 5.84. The molecular weight excluding hydrogens is 302 g/mol. The number of hydrogen-bond donors (Lipinski definition) is 2. The molecule has 2 rings (SSSR count). The molecule has 132 valence electrons. The maximum absolute atomic E-state index is 12.1. The van der Waals surface area contributed by atoms with Crippen LogP contribution < -0.4 is 10.6 Å². The Morgan fingerprint density at radius 2 is 2.08 bits per heavy atom. The van der Waals surface area contributed by atoms with E-state index < -0.39 is 0 Å². The van der Waals surface area contributed by atoms with Crippen LogP contribution in [0.4, 0.5) is 0 Å². The van der Waals surface area contributed by atoms with Gasteiger partial charge in [0.25, 0.3) is 0 Å². The lowest BCUT2D eigenvalue weighted by molar-refractivity contribution is -0.132. The number of rotatable bonds is 7. The van der Waals surface area contributed by atoms with Crippen molar-refractivity contribution in [2.24, 2.45) is 11.8 Å². The van der Waals surface area contributed by atoms with Gasteiger partial charge in [0.05, 0.1) is 6.54 Å². The standard InChI is InChI=1S/C19H29N3O2/c1-15(17-9-6-10-20-12-17)11-18(23)21-13-19(24)22(2)14-16-7-4-3-5-8-16/h3-5,7-8,15,17,20H,6,9-14H2,1-2H3,(H,21,23). The molecule has 0 bridgehead atoms. The molecule has 1 fully saturated rings. The minimum absolute atomic E-state index is 0.0328. The van der Waals surface area contributed by atoms with Crippen LogP contribution in [0.25, 0.3) is 0 Å². The highest BCUT2D eigenvalue weighted by Crippen LogP contribution is 2.22. The Balaban J connectivity index is 1.69. The molecule has 2 amide bonds. The molecule has 5 nitrogen and oxygen atoms in total. The maximum Gasteiger partial charge on any atom is 0.242 e. The molecule has 0 aromatic heterocycles. The summed E-state index contributed by atoms with van der Waals surface area (Å²) in [5.74, 6) is 0.796. The molecule has 1 aliphatic heterocycles. The van der Waals surface area contributed by atoms with Crippen LogP contribution in [0, 0.1) is 11.8 Å². The van der Waals surface area contributed by atoms with E-state index in [0.717, 1.165) is 18.7 Å². The van der Waals surface area contributed by atoms with E-state index in [2.05, 4.69) is 17.6 Å². The van der Waals surface area contributed by atoms with Gasteiger partial charge in [-0.2, -0.15) is 0 Å². The predicted molar refractivity (Wildman–Crippen MR) is 95.3 cm³/mol. The lowest BCUT2D eigenvalue weighted by Crippen LogP contribution is -2.39. The van der Waals surface area contributed by atoms with Crippen molar-refractivity contribution in [1.29, 1.82) is 0 Å². The summed E-state index contributed by atoms with van der Waals surface area (Å²) in [5, 5.41) is 6.15. The summed E-state index contributed by atoms with van der Waals surface area (Å²) < 4.78 is 0. The van der Waals surface area contributed by atoms with Crippen molar-refractivity contribution in [3.05, 3.63) is 35.9 Å². The van der Waals surface area contributed by atoms with Gasteiger partial charge in [-0.05, 0) is 43.3 Å². The molecule has 1 aliphatic rings. The number of likely N-dealkylation sites (N-methyl/N-ethyl adjacent to an activating group) is 1. The van der Waals surface area contributed by atoms with E-state index in [0.29, 0.717) is 24.8 Å². The second-order valence-corrected chi connectivity index (χ2v) is 6.80. The lowest BCUT2D eigenvalue weighted by atomic mass is 9.85. The van der Waals surface area contributed by atoms with Crippen LogP contribution in [0.5, 0.6) is 0 Å². The van der Waals surface area contributed by atoms with Crippen LogP contribution in [-0.4, -0.2) is 43.4 Å². The van der Waals surface area contributed by atoms with Gasteiger partial charge in [-0.15, -0.1) is 0 Å². The number of nitrogens with one attached hydrogen (secondary N) is 2. The molecule has 0 spiro atoms. The van der Waals surface area contributed by atoms with Crippen LogP contribution in [0.15, 0.2) is 30.3 Å². The highest BCUT2D eigenvalue weighted by atomic mass is 16.2. The van der Waals surface area contributed by atoms with Crippen LogP contribution in [0.1, 0.15) is 31.7 Å². The van der Waals surface area contributed by atoms with Crippen LogP contribution in [0.3, 0.4) is 0 Å². The first kappa shape index (κ1) is 18.5. The zero-order valence-corrected chi connectivity index (χ0v) is 14.8. The Kier molecular flexibility index (Phi) is 7.25. The highest BCUT2D eigenvalue weighted by Gasteiger charge is 2.22. The van der Waals surface area contributed by atoms with Gasteiger partial charge in [0.2, 0.25) is 11.8 Å². The van der Waals surface area contributed by atoms with Crippen molar-refractivity contribution < 1.29 is 9.59 Å². The van der Waals surface area contributed by atoms with Gasteiger partial charge in [0, 0.05) is 20.0 Å². The van der Waals surface area contributed by atoms with E-state index in [1.54, 1.807) is 11.9 Å². The van der Waals surface area contributed by atoms with Crippen molar-refractivity contribution in [3.8, 4) is 0 Å². The second-order valence-electron chi connectivity index (χ2n) is 6.80. The summed E-state index contributed by atoms with van der Waals surface area (Å²) in [7, 11) is 1.76. The van der Waals surface area contributed by atoms with Gasteiger partial charge in [-0.1, -0.05) is 37.3 Å². The number of benzene rings is 1. The Bertz CT molecular complexity index is 527. The number of piperidine rings is 1. The molecular formula is C19H29N3O2. The zero-order valence-electron chi connectivity index (χ0n) is 14.8. The average molecular weight is 331 g/mol. The molecule has 2 unspecified atom stereocenters. The lowest BCUT2D eigenvalue weighted by Gasteiger charge is -2.28. The summed E-state index contributed by atoms with van der Waals surface area (Å²) in [5.41, 5.74) is 1.08. The third kappa shape index (κ3) is 5.96. The SMILES string of the molecule is CC(CC(=O)NCC(=O)N(C)Cc1ccccc1)C1CCCNC1. The van der Waals surface area contributed by atoms with Gasteiger partial charge in [0.15, 0.2) is 0 Å². The third-order valence-electron chi connectivity index (χ3n) is 4.77. The summed E-state index contributed by atoms with van der Waals surface area (Å²) in [6.07, 6.45) is 2.85.